The topological polar surface area (TPSA) is 88.8 Å². The minimum Gasteiger partial charge on any atom is -0.493 e. The van der Waals surface area contributed by atoms with Gasteiger partial charge in [-0.3, -0.25) is 4.79 Å². The summed E-state index contributed by atoms with van der Waals surface area (Å²) in [6.45, 7) is 0. The van der Waals surface area contributed by atoms with E-state index in [1.807, 2.05) is 36.4 Å². The number of nitrogens with one attached hydrogen (secondary N) is 1. The fourth-order valence-corrected chi connectivity index (χ4v) is 2.85. The number of carboxylic acids is 1. The van der Waals surface area contributed by atoms with Gasteiger partial charge in [0, 0.05) is 11.6 Å². The van der Waals surface area contributed by atoms with Gasteiger partial charge in [0.25, 0.3) is 0 Å². The molecule has 2 aromatic carbocycles. The van der Waals surface area contributed by atoms with Gasteiger partial charge in [-0.2, -0.15) is 0 Å². The monoisotopic (exact) mass is 397 g/mol. The van der Waals surface area contributed by atoms with E-state index >= 15 is 0 Å². The Bertz CT molecular complexity index is 1040. The summed E-state index contributed by atoms with van der Waals surface area (Å²) in [6.07, 6.45) is 2.78. The zero-order chi connectivity index (χ0) is 20.1. The third-order valence-electron chi connectivity index (χ3n) is 3.84. The number of carboxylic acid groups (broad SMARTS) is 1. The van der Waals surface area contributed by atoms with Crippen LogP contribution in [0.3, 0.4) is 0 Å². The van der Waals surface area contributed by atoms with Crippen LogP contribution in [0.15, 0.2) is 65.1 Å². The Labute approximate surface area is 166 Å². The van der Waals surface area contributed by atoms with Crippen molar-refractivity contribution >= 4 is 35.2 Å². The molecule has 0 aliphatic heterocycles. The number of hydrogen-bond donors (Lipinski definition) is 2. The fourth-order valence-electron chi connectivity index (χ4n) is 2.55. The minimum absolute atomic E-state index is 0.0661. The van der Waals surface area contributed by atoms with Crippen molar-refractivity contribution in [2.24, 2.45) is 0 Å². The van der Waals surface area contributed by atoms with Gasteiger partial charge < -0.3 is 19.6 Å². The lowest BCUT2D eigenvalue weighted by Gasteiger charge is -2.11. The number of aromatic carboxylic acids is 1. The van der Waals surface area contributed by atoms with E-state index in [2.05, 4.69) is 5.32 Å². The number of carbonyl (C=O) groups is 2. The molecule has 0 saturated heterocycles. The summed E-state index contributed by atoms with van der Waals surface area (Å²) in [6, 6.07) is 15.7. The molecule has 0 radical (unpaired) electrons. The lowest BCUT2D eigenvalue weighted by Crippen LogP contribution is -2.10. The third-order valence-corrected chi connectivity index (χ3v) is 4.12. The van der Waals surface area contributed by atoms with E-state index in [4.69, 9.17) is 25.9 Å². The molecule has 0 spiro atoms. The summed E-state index contributed by atoms with van der Waals surface area (Å²) >= 11 is 6.02. The van der Waals surface area contributed by atoms with E-state index in [0.717, 1.165) is 5.56 Å². The Hall–Kier alpha value is -3.51. The largest absolute Gasteiger partial charge is 0.493 e. The molecule has 6 nitrogen and oxygen atoms in total. The zero-order valence-corrected chi connectivity index (χ0v) is 15.6. The minimum atomic E-state index is -1.17. The molecular weight excluding hydrogens is 382 g/mol. The highest BCUT2D eigenvalue weighted by atomic mass is 35.5. The molecule has 142 valence electrons. The highest BCUT2D eigenvalue weighted by Crippen LogP contribution is 2.34. The maximum Gasteiger partial charge on any atom is 0.335 e. The molecule has 0 atom stereocenters. The average molecular weight is 398 g/mol. The Morgan fingerprint density at radius 1 is 1.14 bits per heavy atom. The normalized spacial score (nSPS) is 10.8. The summed E-state index contributed by atoms with van der Waals surface area (Å²) in [5.74, 6) is -0.298. The van der Waals surface area contributed by atoms with Crippen molar-refractivity contribution in [2.45, 2.75) is 0 Å². The Balaban J connectivity index is 1.76. The predicted octanol–water partition coefficient (Wildman–Crippen LogP) is 4.96. The Morgan fingerprint density at radius 2 is 1.89 bits per heavy atom. The summed E-state index contributed by atoms with van der Waals surface area (Å²) in [5.41, 5.74) is 1.02. The van der Waals surface area contributed by atoms with E-state index < -0.39 is 11.9 Å². The number of rotatable bonds is 6. The summed E-state index contributed by atoms with van der Waals surface area (Å²) < 4.78 is 10.8. The van der Waals surface area contributed by atoms with Gasteiger partial charge in [-0.1, -0.05) is 41.9 Å². The highest BCUT2D eigenvalue weighted by molar-refractivity contribution is 6.33. The molecule has 3 aromatic rings. The number of furan rings is 1. The molecule has 3 rings (SSSR count). The van der Waals surface area contributed by atoms with Gasteiger partial charge >= 0.3 is 5.97 Å². The molecule has 1 amide bonds. The quantitative estimate of drug-likeness (QED) is 0.574. The van der Waals surface area contributed by atoms with Crippen molar-refractivity contribution in [1.29, 1.82) is 0 Å². The van der Waals surface area contributed by atoms with Gasteiger partial charge in [0.05, 0.1) is 23.4 Å². The second-order valence-electron chi connectivity index (χ2n) is 5.73. The predicted molar refractivity (Wildman–Crippen MR) is 107 cm³/mol. The highest BCUT2D eigenvalue weighted by Gasteiger charge is 2.15. The van der Waals surface area contributed by atoms with Crippen molar-refractivity contribution < 1.29 is 23.8 Å². The van der Waals surface area contributed by atoms with Crippen LogP contribution >= 0.6 is 11.6 Å². The SMILES string of the molecule is COc1c(Cl)cc(C(=O)O)cc1NC(=O)/C=C/c1ccc(-c2ccccc2)o1. The van der Waals surface area contributed by atoms with Gasteiger partial charge in [-0.25, -0.2) is 4.79 Å². The molecule has 0 fully saturated rings. The van der Waals surface area contributed by atoms with Crippen molar-refractivity contribution in [3.05, 3.63) is 77.0 Å². The number of hydrogen-bond acceptors (Lipinski definition) is 4. The molecule has 0 bridgehead atoms. The van der Waals surface area contributed by atoms with Crippen LogP contribution in [0.5, 0.6) is 5.75 Å². The first kappa shape index (κ1) is 19.3. The molecule has 28 heavy (non-hydrogen) atoms. The number of anilines is 1. The van der Waals surface area contributed by atoms with E-state index in [0.29, 0.717) is 11.5 Å². The van der Waals surface area contributed by atoms with Crippen LogP contribution in [0.1, 0.15) is 16.1 Å². The molecule has 2 N–H and O–H groups in total. The number of ether oxygens (including phenoxy) is 1. The number of carbonyl (C=O) groups excluding carboxylic acids is 1. The molecule has 0 saturated carbocycles. The van der Waals surface area contributed by atoms with Gasteiger partial charge in [0.15, 0.2) is 5.75 Å². The van der Waals surface area contributed by atoms with Crippen LogP contribution in [0.2, 0.25) is 5.02 Å². The molecule has 7 heteroatoms. The molecule has 1 aromatic heterocycles. The first-order valence-electron chi connectivity index (χ1n) is 8.23. The van der Waals surface area contributed by atoms with Crippen LogP contribution in [0.4, 0.5) is 5.69 Å². The summed E-state index contributed by atoms with van der Waals surface area (Å²) in [5, 5.41) is 11.8. The first-order chi connectivity index (χ1) is 13.5. The van der Waals surface area contributed by atoms with E-state index in [-0.39, 0.29) is 22.0 Å². The van der Waals surface area contributed by atoms with Crippen molar-refractivity contribution in [1.82, 2.24) is 0 Å². The molecule has 0 unspecified atom stereocenters. The van der Waals surface area contributed by atoms with E-state index in [1.54, 1.807) is 6.07 Å². The van der Waals surface area contributed by atoms with Crippen LogP contribution in [-0.4, -0.2) is 24.1 Å². The summed E-state index contributed by atoms with van der Waals surface area (Å²) in [7, 11) is 1.38. The second-order valence-corrected chi connectivity index (χ2v) is 6.14. The lowest BCUT2D eigenvalue weighted by atomic mass is 10.2. The fraction of sp³-hybridized carbons (Fsp3) is 0.0476. The standard InChI is InChI=1S/C21H16ClNO5/c1-27-20-16(22)11-14(21(25)26)12-17(20)23-19(24)10-8-15-7-9-18(28-15)13-5-3-2-4-6-13/h2-12H,1H3,(H,23,24)(H,25,26)/b10-8+. The van der Waals surface area contributed by atoms with E-state index in [1.165, 1.54) is 31.4 Å². The van der Waals surface area contributed by atoms with E-state index in [9.17, 15) is 9.59 Å². The van der Waals surface area contributed by atoms with Gasteiger partial charge in [0.2, 0.25) is 5.91 Å². The van der Waals surface area contributed by atoms with Gasteiger partial charge in [0.1, 0.15) is 11.5 Å². The van der Waals surface area contributed by atoms with Crippen LogP contribution in [-0.2, 0) is 4.79 Å². The number of amides is 1. The smallest absolute Gasteiger partial charge is 0.335 e. The van der Waals surface area contributed by atoms with Crippen molar-refractivity contribution in [2.75, 3.05) is 12.4 Å². The maximum atomic E-state index is 12.2. The molecule has 1 heterocycles. The van der Waals surface area contributed by atoms with Crippen LogP contribution < -0.4 is 10.1 Å². The summed E-state index contributed by atoms with van der Waals surface area (Å²) in [4.78, 5) is 23.4. The van der Waals surface area contributed by atoms with Crippen LogP contribution in [0.25, 0.3) is 17.4 Å². The van der Waals surface area contributed by atoms with Gasteiger partial charge in [-0.15, -0.1) is 0 Å². The van der Waals surface area contributed by atoms with Gasteiger partial charge in [-0.05, 0) is 30.3 Å². The average Bonchev–Trinajstić information content (AvgIpc) is 3.16. The first-order valence-corrected chi connectivity index (χ1v) is 8.61. The van der Waals surface area contributed by atoms with Crippen molar-refractivity contribution in [3.8, 4) is 17.1 Å². The molecule has 0 aliphatic rings. The Morgan fingerprint density at radius 3 is 2.57 bits per heavy atom. The lowest BCUT2D eigenvalue weighted by molar-refractivity contribution is -0.111. The number of methoxy groups -OCH3 is 1. The Kier molecular flexibility index (Phi) is 5.81. The second kappa shape index (κ2) is 8.45. The number of halogens is 1. The molecular formula is C21H16ClNO5. The van der Waals surface area contributed by atoms with Crippen molar-refractivity contribution in [3.63, 3.8) is 0 Å². The maximum absolute atomic E-state index is 12.2. The molecule has 0 aliphatic carbocycles. The third kappa shape index (κ3) is 4.42. The van der Waals surface area contributed by atoms with Crippen LogP contribution in [0, 0.1) is 0 Å². The number of benzene rings is 2. The zero-order valence-electron chi connectivity index (χ0n) is 14.8.